The summed E-state index contributed by atoms with van der Waals surface area (Å²) in [5.41, 5.74) is 6.43. The van der Waals surface area contributed by atoms with Crippen molar-refractivity contribution < 1.29 is 0 Å². The Morgan fingerprint density at radius 1 is 1.27 bits per heavy atom. The Balaban J connectivity index is 2.80. The summed E-state index contributed by atoms with van der Waals surface area (Å²) in [5, 5.41) is 1.65. The third-order valence-electron chi connectivity index (χ3n) is 2.34. The summed E-state index contributed by atoms with van der Waals surface area (Å²) in [6.45, 7) is 0. The zero-order chi connectivity index (χ0) is 11.0. The van der Waals surface area contributed by atoms with Crippen molar-refractivity contribution in [1.82, 2.24) is 3.97 Å². The molecular formula is C11H14N2OS. The Kier molecular flexibility index (Phi) is 2.44. The molecule has 2 rings (SSSR count). The zero-order valence-electron chi connectivity index (χ0n) is 8.77. The summed E-state index contributed by atoms with van der Waals surface area (Å²) in [6, 6.07) is 7.33. The number of hydrogen-bond acceptors (Lipinski definition) is 2. The van der Waals surface area contributed by atoms with Gasteiger partial charge in [-0.3, -0.25) is 8.77 Å². The van der Waals surface area contributed by atoms with Gasteiger partial charge in [0.15, 0.2) is 0 Å². The molecule has 15 heavy (non-hydrogen) atoms. The van der Waals surface area contributed by atoms with Crippen molar-refractivity contribution in [2.45, 2.75) is 0 Å². The van der Waals surface area contributed by atoms with Crippen LogP contribution in [0.3, 0.4) is 0 Å². The fraction of sp³-hybridized carbons (Fsp3) is 0.182. The second-order valence-electron chi connectivity index (χ2n) is 3.66. The molecule has 1 aromatic carbocycles. The molecule has 0 spiro atoms. The average Bonchev–Trinajstić information content (AvgIpc) is 2.17. The third-order valence-corrected chi connectivity index (χ3v) is 3.52. The monoisotopic (exact) mass is 222 g/mol. The van der Waals surface area contributed by atoms with E-state index in [1.807, 2.05) is 18.3 Å². The van der Waals surface area contributed by atoms with E-state index in [-0.39, 0.29) is 5.56 Å². The number of fused-ring (bicyclic) bond motifs is 1. The molecule has 0 fully saturated rings. The van der Waals surface area contributed by atoms with Gasteiger partial charge in [0.2, 0.25) is 0 Å². The van der Waals surface area contributed by atoms with Crippen molar-refractivity contribution in [2.75, 3.05) is 18.2 Å². The van der Waals surface area contributed by atoms with Crippen LogP contribution in [0.5, 0.6) is 0 Å². The SMILES string of the molecule is C[SH](C)n1ccc2cc(N)ccc2c1=O. The van der Waals surface area contributed by atoms with Gasteiger partial charge in [-0.25, -0.2) is 0 Å². The number of hydrogen-bond donors (Lipinski definition) is 2. The molecule has 0 aliphatic heterocycles. The lowest BCUT2D eigenvalue weighted by molar-refractivity contribution is 1.17. The Morgan fingerprint density at radius 3 is 2.67 bits per heavy atom. The summed E-state index contributed by atoms with van der Waals surface area (Å²) in [4.78, 5) is 12.0. The first kappa shape index (κ1) is 10.1. The van der Waals surface area contributed by atoms with E-state index in [0.717, 1.165) is 10.8 Å². The molecule has 0 saturated carbocycles. The van der Waals surface area contributed by atoms with Crippen LogP contribution in [0, 0.1) is 0 Å². The number of aromatic nitrogens is 1. The Labute approximate surface area is 91.0 Å². The molecule has 1 aromatic heterocycles. The smallest absolute Gasteiger partial charge is 0.266 e. The largest absolute Gasteiger partial charge is 0.399 e. The van der Waals surface area contributed by atoms with Crippen LogP contribution in [0.4, 0.5) is 5.69 Å². The zero-order valence-corrected chi connectivity index (χ0v) is 9.66. The number of rotatable bonds is 1. The van der Waals surface area contributed by atoms with Crippen molar-refractivity contribution in [3.05, 3.63) is 40.8 Å². The average molecular weight is 222 g/mol. The predicted octanol–water partition coefficient (Wildman–Crippen LogP) is 1.61. The van der Waals surface area contributed by atoms with Gasteiger partial charge in [-0.05, 0) is 42.2 Å². The van der Waals surface area contributed by atoms with Crippen LogP contribution in [-0.2, 0) is 0 Å². The molecule has 80 valence electrons. The van der Waals surface area contributed by atoms with Gasteiger partial charge in [-0.2, -0.15) is 11.1 Å². The molecular weight excluding hydrogens is 208 g/mol. The van der Waals surface area contributed by atoms with Crippen molar-refractivity contribution >= 4 is 27.5 Å². The molecule has 4 heteroatoms. The van der Waals surface area contributed by atoms with Gasteiger partial charge in [0.25, 0.3) is 5.56 Å². The second kappa shape index (κ2) is 3.62. The Hall–Kier alpha value is -1.42. The first-order valence-corrected chi connectivity index (χ1v) is 6.87. The van der Waals surface area contributed by atoms with Crippen LogP contribution in [-0.4, -0.2) is 16.5 Å². The fourth-order valence-electron chi connectivity index (χ4n) is 1.57. The molecule has 2 N–H and O–H groups in total. The van der Waals surface area contributed by atoms with E-state index in [1.165, 1.54) is 0 Å². The van der Waals surface area contributed by atoms with Gasteiger partial charge in [-0.1, -0.05) is 0 Å². The van der Waals surface area contributed by atoms with E-state index in [9.17, 15) is 4.79 Å². The summed E-state index contributed by atoms with van der Waals surface area (Å²) in [6.07, 6.45) is 5.95. The summed E-state index contributed by atoms with van der Waals surface area (Å²) in [5.74, 6) is 0. The molecule has 3 nitrogen and oxygen atoms in total. The van der Waals surface area contributed by atoms with Gasteiger partial charge in [0.1, 0.15) is 0 Å². The van der Waals surface area contributed by atoms with E-state index in [0.29, 0.717) is 5.69 Å². The van der Waals surface area contributed by atoms with Gasteiger partial charge >= 0.3 is 0 Å². The molecule has 0 amide bonds. The van der Waals surface area contributed by atoms with Gasteiger partial charge in [0, 0.05) is 17.3 Å². The number of nitrogen functional groups attached to an aromatic ring is 1. The molecule has 2 aromatic rings. The standard InChI is InChI=1S/C11H14N2OS/c1-15(2)13-6-5-8-7-9(12)3-4-10(8)11(13)14/h3-7,15H,12H2,1-2H3. The van der Waals surface area contributed by atoms with Gasteiger partial charge < -0.3 is 5.73 Å². The van der Waals surface area contributed by atoms with E-state index >= 15 is 0 Å². The molecule has 0 aliphatic carbocycles. The lowest BCUT2D eigenvalue weighted by atomic mass is 10.1. The van der Waals surface area contributed by atoms with Crippen LogP contribution < -0.4 is 11.3 Å². The highest BCUT2D eigenvalue weighted by atomic mass is 32.2. The van der Waals surface area contributed by atoms with E-state index in [2.05, 4.69) is 12.5 Å². The van der Waals surface area contributed by atoms with Gasteiger partial charge in [0.05, 0.1) is 0 Å². The van der Waals surface area contributed by atoms with Crippen molar-refractivity contribution in [2.24, 2.45) is 0 Å². The first-order valence-electron chi connectivity index (χ1n) is 4.68. The summed E-state index contributed by atoms with van der Waals surface area (Å²) < 4.78 is 1.79. The van der Waals surface area contributed by atoms with Crippen LogP contribution in [0.2, 0.25) is 0 Å². The van der Waals surface area contributed by atoms with Crippen molar-refractivity contribution in [3.63, 3.8) is 0 Å². The van der Waals surface area contributed by atoms with Crippen molar-refractivity contribution in [3.8, 4) is 0 Å². The van der Waals surface area contributed by atoms with Crippen LogP contribution in [0.25, 0.3) is 10.8 Å². The highest BCUT2D eigenvalue weighted by molar-refractivity contribution is 8.14. The minimum Gasteiger partial charge on any atom is -0.399 e. The van der Waals surface area contributed by atoms with Gasteiger partial charge in [-0.15, -0.1) is 0 Å². The lowest BCUT2D eigenvalue weighted by Gasteiger charge is -2.14. The maximum atomic E-state index is 12.0. The normalized spacial score (nSPS) is 11.7. The number of nitrogens with zero attached hydrogens (tertiary/aromatic N) is 1. The number of pyridine rings is 1. The quantitative estimate of drug-likeness (QED) is 0.569. The number of benzene rings is 1. The van der Waals surface area contributed by atoms with Crippen LogP contribution in [0.15, 0.2) is 35.3 Å². The summed E-state index contributed by atoms with van der Waals surface area (Å²) >= 11 is -0.424. The fourth-order valence-corrected chi connectivity index (χ4v) is 2.38. The molecule has 0 radical (unpaired) electrons. The van der Waals surface area contributed by atoms with Crippen molar-refractivity contribution in [1.29, 1.82) is 0 Å². The van der Waals surface area contributed by atoms with Crippen LogP contribution >= 0.6 is 11.1 Å². The molecule has 0 atom stereocenters. The predicted molar refractivity (Wildman–Crippen MR) is 68.9 cm³/mol. The van der Waals surface area contributed by atoms with E-state index in [4.69, 9.17) is 5.73 Å². The highest BCUT2D eigenvalue weighted by Gasteiger charge is 2.03. The van der Waals surface area contributed by atoms with Crippen LogP contribution in [0.1, 0.15) is 0 Å². The maximum Gasteiger partial charge on any atom is 0.266 e. The lowest BCUT2D eigenvalue weighted by Crippen LogP contribution is -2.17. The molecule has 0 unspecified atom stereocenters. The minimum absolute atomic E-state index is 0.0728. The summed E-state index contributed by atoms with van der Waals surface area (Å²) in [7, 11) is 0. The number of anilines is 1. The Bertz CT molecular complexity index is 560. The third kappa shape index (κ3) is 1.72. The Morgan fingerprint density at radius 2 is 2.00 bits per heavy atom. The number of thiol groups is 1. The molecule has 0 saturated heterocycles. The minimum atomic E-state index is -0.424. The highest BCUT2D eigenvalue weighted by Crippen LogP contribution is 2.18. The van der Waals surface area contributed by atoms with E-state index < -0.39 is 11.1 Å². The second-order valence-corrected chi connectivity index (χ2v) is 5.78. The molecule has 1 heterocycles. The molecule has 0 bridgehead atoms. The topological polar surface area (TPSA) is 48.0 Å². The number of nitrogens with two attached hydrogens (primary N) is 1. The van der Waals surface area contributed by atoms with E-state index in [1.54, 1.807) is 16.1 Å². The maximum absolute atomic E-state index is 12.0. The molecule has 0 aliphatic rings. The first-order chi connectivity index (χ1) is 7.09.